The van der Waals surface area contributed by atoms with Crippen LogP contribution in [-0.4, -0.2) is 26.6 Å². The van der Waals surface area contributed by atoms with Crippen LogP contribution >= 0.6 is 0 Å². The van der Waals surface area contributed by atoms with Crippen molar-refractivity contribution < 1.29 is 9.53 Å². The van der Waals surface area contributed by atoms with E-state index in [1.54, 1.807) is 57.6 Å². The molecule has 0 aliphatic heterocycles. The molecule has 0 fully saturated rings. The SMILES string of the molecule is CC(C)(C)OC(=O)Nc1nccc(C=Cc2cncc(N)c2)n1. The number of nitrogen functional groups attached to an aromatic ring is 1. The molecule has 0 saturated carbocycles. The number of carbonyl (C=O) groups excluding carboxylic acids is 1. The third-order valence-electron chi connectivity index (χ3n) is 2.52. The minimum Gasteiger partial charge on any atom is -0.444 e. The second-order valence-electron chi connectivity index (χ2n) is 5.82. The van der Waals surface area contributed by atoms with E-state index in [-0.39, 0.29) is 5.95 Å². The molecule has 0 bridgehead atoms. The van der Waals surface area contributed by atoms with E-state index in [0.29, 0.717) is 11.4 Å². The Morgan fingerprint density at radius 1 is 1.30 bits per heavy atom. The summed E-state index contributed by atoms with van der Waals surface area (Å²) in [6.45, 7) is 5.35. The highest BCUT2D eigenvalue weighted by molar-refractivity contribution is 5.82. The zero-order valence-corrected chi connectivity index (χ0v) is 13.3. The van der Waals surface area contributed by atoms with Crippen molar-refractivity contribution in [1.29, 1.82) is 0 Å². The van der Waals surface area contributed by atoms with Crippen LogP contribution in [-0.2, 0) is 4.74 Å². The van der Waals surface area contributed by atoms with Crippen LogP contribution in [0.5, 0.6) is 0 Å². The maximum atomic E-state index is 11.7. The molecule has 23 heavy (non-hydrogen) atoms. The topological polar surface area (TPSA) is 103 Å². The minimum atomic E-state index is -0.598. The standard InChI is InChI=1S/C16H19N5O2/c1-16(2,3)23-15(22)21-14-19-7-6-13(20-14)5-4-11-8-12(17)10-18-9-11/h4-10H,17H2,1-3H3,(H,19,20,21,22). The van der Waals surface area contributed by atoms with Gasteiger partial charge in [-0.1, -0.05) is 6.08 Å². The average molecular weight is 313 g/mol. The first-order valence-corrected chi connectivity index (χ1v) is 7.03. The molecule has 0 radical (unpaired) electrons. The van der Waals surface area contributed by atoms with Gasteiger partial charge in [-0.15, -0.1) is 0 Å². The maximum Gasteiger partial charge on any atom is 0.414 e. The van der Waals surface area contributed by atoms with Crippen LogP contribution < -0.4 is 11.1 Å². The lowest BCUT2D eigenvalue weighted by Crippen LogP contribution is -2.27. The first-order valence-electron chi connectivity index (χ1n) is 7.03. The van der Waals surface area contributed by atoms with E-state index in [1.165, 1.54) is 0 Å². The molecular weight excluding hydrogens is 294 g/mol. The van der Waals surface area contributed by atoms with E-state index in [4.69, 9.17) is 10.5 Å². The molecule has 2 heterocycles. The van der Waals surface area contributed by atoms with Crippen molar-refractivity contribution in [2.75, 3.05) is 11.1 Å². The summed E-state index contributed by atoms with van der Waals surface area (Å²) in [6.07, 6.45) is 7.82. The van der Waals surface area contributed by atoms with Gasteiger partial charge in [0.1, 0.15) is 5.60 Å². The van der Waals surface area contributed by atoms with Crippen molar-refractivity contribution >= 4 is 29.9 Å². The zero-order chi connectivity index (χ0) is 16.9. The fourth-order valence-electron chi connectivity index (χ4n) is 1.67. The summed E-state index contributed by atoms with van der Waals surface area (Å²) >= 11 is 0. The number of hydrogen-bond donors (Lipinski definition) is 2. The van der Waals surface area contributed by atoms with Gasteiger partial charge in [-0.2, -0.15) is 0 Å². The molecular formula is C16H19N5O2. The average Bonchev–Trinajstić information content (AvgIpc) is 2.43. The fraction of sp³-hybridized carbons (Fsp3) is 0.250. The highest BCUT2D eigenvalue weighted by atomic mass is 16.6. The van der Waals surface area contributed by atoms with E-state index in [2.05, 4.69) is 20.3 Å². The number of anilines is 2. The smallest absolute Gasteiger partial charge is 0.414 e. The Labute approximate surface area is 134 Å². The molecule has 7 nitrogen and oxygen atoms in total. The lowest BCUT2D eigenvalue weighted by molar-refractivity contribution is 0.0634. The highest BCUT2D eigenvalue weighted by Gasteiger charge is 2.16. The van der Waals surface area contributed by atoms with Crippen LogP contribution in [0.3, 0.4) is 0 Å². The van der Waals surface area contributed by atoms with Crippen molar-refractivity contribution in [2.45, 2.75) is 26.4 Å². The number of nitrogens with two attached hydrogens (primary N) is 1. The van der Waals surface area contributed by atoms with Gasteiger partial charge in [0, 0.05) is 18.6 Å². The zero-order valence-electron chi connectivity index (χ0n) is 13.3. The Morgan fingerprint density at radius 3 is 2.78 bits per heavy atom. The second kappa shape index (κ2) is 6.87. The number of pyridine rings is 1. The summed E-state index contributed by atoms with van der Waals surface area (Å²) in [6, 6.07) is 3.51. The minimum absolute atomic E-state index is 0.173. The molecule has 3 N–H and O–H groups in total. The molecule has 2 rings (SSSR count). The van der Waals surface area contributed by atoms with Crippen molar-refractivity contribution in [2.24, 2.45) is 0 Å². The molecule has 0 aliphatic carbocycles. The Kier molecular flexibility index (Phi) is 4.90. The van der Waals surface area contributed by atoms with Gasteiger partial charge in [0.05, 0.1) is 11.4 Å². The van der Waals surface area contributed by atoms with Crippen LogP contribution in [0, 0.1) is 0 Å². The van der Waals surface area contributed by atoms with Crippen molar-refractivity contribution in [3.63, 3.8) is 0 Å². The van der Waals surface area contributed by atoms with E-state index in [9.17, 15) is 4.79 Å². The fourth-order valence-corrected chi connectivity index (χ4v) is 1.67. The molecule has 0 saturated heterocycles. The van der Waals surface area contributed by atoms with Crippen molar-refractivity contribution in [1.82, 2.24) is 15.0 Å². The molecule has 0 atom stereocenters. The van der Waals surface area contributed by atoms with Crippen LogP contribution in [0.2, 0.25) is 0 Å². The maximum absolute atomic E-state index is 11.7. The van der Waals surface area contributed by atoms with Crippen LogP contribution in [0.15, 0.2) is 30.7 Å². The third kappa shape index (κ3) is 5.74. The van der Waals surface area contributed by atoms with Gasteiger partial charge in [0.15, 0.2) is 0 Å². The first kappa shape index (κ1) is 16.4. The lowest BCUT2D eigenvalue weighted by atomic mass is 10.2. The number of aromatic nitrogens is 3. The van der Waals surface area contributed by atoms with Gasteiger partial charge in [0.25, 0.3) is 0 Å². The number of amides is 1. The molecule has 7 heteroatoms. The molecule has 0 unspecified atom stereocenters. The number of hydrogen-bond acceptors (Lipinski definition) is 6. The summed E-state index contributed by atoms with van der Waals surface area (Å²) < 4.78 is 5.15. The van der Waals surface area contributed by atoms with E-state index >= 15 is 0 Å². The Bertz CT molecular complexity index is 722. The monoisotopic (exact) mass is 313 g/mol. The quantitative estimate of drug-likeness (QED) is 0.903. The molecule has 0 aromatic carbocycles. The molecule has 0 spiro atoms. The van der Waals surface area contributed by atoms with Gasteiger partial charge in [-0.25, -0.2) is 14.8 Å². The van der Waals surface area contributed by atoms with Gasteiger partial charge in [-0.3, -0.25) is 10.3 Å². The van der Waals surface area contributed by atoms with Crippen molar-refractivity contribution in [3.05, 3.63) is 42.0 Å². The number of nitrogens with zero attached hydrogens (tertiary/aromatic N) is 3. The Hall–Kier alpha value is -2.96. The molecule has 2 aromatic rings. The number of nitrogens with one attached hydrogen (secondary N) is 1. The second-order valence-corrected chi connectivity index (χ2v) is 5.82. The highest BCUT2D eigenvalue weighted by Crippen LogP contribution is 2.11. The van der Waals surface area contributed by atoms with E-state index in [1.807, 2.05) is 6.08 Å². The number of ether oxygens (including phenoxy) is 1. The number of carbonyl (C=O) groups is 1. The van der Waals surface area contributed by atoms with E-state index in [0.717, 1.165) is 5.56 Å². The normalized spacial score (nSPS) is 11.4. The van der Waals surface area contributed by atoms with Crippen molar-refractivity contribution in [3.8, 4) is 0 Å². The lowest BCUT2D eigenvalue weighted by Gasteiger charge is -2.19. The Balaban J connectivity index is 2.06. The predicted molar refractivity (Wildman–Crippen MR) is 89.5 cm³/mol. The molecule has 1 amide bonds. The predicted octanol–water partition coefficient (Wildman–Crippen LogP) is 2.97. The summed E-state index contributed by atoms with van der Waals surface area (Å²) in [5.41, 5.74) is 7.16. The van der Waals surface area contributed by atoms with Crippen LogP contribution in [0.25, 0.3) is 12.2 Å². The molecule has 0 aliphatic rings. The summed E-state index contributed by atoms with van der Waals surface area (Å²) in [7, 11) is 0. The van der Waals surface area contributed by atoms with Crippen LogP contribution in [0.1, 0.15) is 32.0 Å². The Morgan fingerprint density at radius 2 is 2.09 bits per heavy atom. The van der Waals surface area contributed by atoms with E-state index < -0.39 is 11.7 Å². The van der Waals surface area contributed by atoms with Gasteiger partial charge >= 0.3 is 6.09 Å². The summed E-state index contributed by atoms with van der Waals surface area (Å²) in [5.74, 6) is 0.173. The summed E-state index contributed by atoms with van der Waals surface area (Å²) in [4.78, 5) is 23.9. The molecule has 120 valence electrons. The molecule has 2 aromatic heterocycles. The van der Waals surface area contributed by atoms with Gasteiger partial charge in [-0.05, 0) is 44.5 Å². The van der Waals surface area contributed by atoms with Gasteiger partial charge < -0.3 is 10.5 Å². The largest absolute Gasteiger partial charge is 0.444 e. The first-order chi connectivity index (χ1) is 10.8. The third-order valence-corrected chi connectivity index (χ3v) is 2.52. The summed E-state index contributed by atoms with van der Waals surface area (Å²) in [5, 5.41) is 2.50. The number of rotatable bonds is 3. The van der Waals surface area contributed by atoms with Gasteiger partial charge in [0.2, 0.25) is 5.95 Å². The van der Waals surface area contributed by atoms with Crippen LogP contribution in [0.4, 0.5) is 16.4 Å².